The van der Waals surface area contributed by atoms with Crippen molar-refractivity contribution >= 4 is 17.4 Å². The van der Waals surface area contributed by atoms with Gasteiger partial charge in [0.25, 0.3) is 0 Å². The molecule has 1 unspecified atom stereocenters. The Labute approximate surface area is 113 Å². The first-order chi connectivity index (χ1) is 8.52. The number of aryl methyl sites for hydroxylation is 1. The van der Waals surface area contributed by atoms with Crippen LogP contribution >= 0.6 is 11.6 Å². The summed E-state index contributed by atoms with van der Waals surface area (Å²) in [6, 6.07) is 10.4. The molecule has 1 heterocycles. The van der Waals surface area contributed by atoms with E-state index in [2.05, 4.69) is 31.1 Å². The Morgan fingerprint density at radius 1 is 1.22 bits per heavy atom. The fraction of sp³-hybridized carbons (Fsp3) is 0.357. The molecule has 2 rings (SSSR count). The predicted octanol–water partition coefficient (Wildman–Crippen LogP) is 3.67. The number of nitrogens with two attached hydrogens (primary N) is 1. The average Bonchev–Trinajstić information content (AvgIpc) is 2.59. The van der Waals surface area contributed by atoms with Crippen molar-refractivity contribution in [3.63, 3.8) is 0 Å². The van der Waals surface area contributed by atoms with E-state index in [-0.39, 0.29) is 6.04 Å². The molecule has 0 saturated heterocycles. The van der Waals surface area contributed by atoms with Crippen LogP contribution in [0.3, 0.4) is 0 Å². The SMILES string of the molecule is Cc1nn(C(c2ccccc2)C(C)C)c(N)c1Cl. The Morgan fingerprint density at radius 2 is 1.83 bits per heavy atom. The van der Waals surface area contributed by atoms with E-state index in [1.54, 1.807) is 0 Å². The second-order valence-corrected chi connectivity index (χ2v) is 5.21. The van der Waals surface area contributed by atoms with Gasteiger partial charge < -0.3 is 5.73 Å². The van der Waals surface area contributed by atoms with E-state index in [0.717, 1.165) is 5.69 Å². The smallest absolute Gasteiger partial charge is 0.141 e. The molecule has 4 heteroatoms. The standard InChI is InChI=1S/C14H18ClN3/c1-9(2)13(11-7-5-4-6-8-11)18-14(16)12(15)10(3)17-18/h4-9,13H,16H2,1-3H3. The Kier molecular flexibility index (Phi) is 3.62. The van der Waals surface area contributed by atoms with Crippen LogP contribution in [0.25, 0.3) is 0 Å². The minimum Gasteiger partial charge on any atom is -0.383 e. The predicted molar refractivity (Wildman–Crippen MR) is 75.8 cm³/mol. The zero-order valence-corrected chi connectivity index (χ0v) is 11.6. The second kappa shape index (κ2) is 5.02. The molecule has 0 spiro atoms. The summed E-state index contributed by atoms with van der Waals surface area (Å²) < 4.78 is 1.83. The van der Waals surface area contributed by atoms with Crippen molar-refractivity contribution in [1.29, 1.82) is 0 Å². The Balaban J connectivity index is 2.52. The molecule has 0 aliphatic heterocycles. The molecule has 1 atom stereocenters. The van der Waals surface area contributed by atoms with Gasteiger partial charge in [-0.1, -0.05) is 55.8 Å². The van der Waals surface area contributed by atoms with Gasteiger partial charge in [-0.15, -0.1) is 0 Å². The van der Waals surface area contributed by atoms with Crippen LogP contribution in [0.5, 0.6) is 0 Å². The lowest BCUT2D eigenvalue weighted by molar-refractivity contribution is 0.406. The van der Waals surface area contributed by atoms with Crippen LogP contribution in [-0.2, 0) is 0 Å². The quantitative estimate of drug-likeness (QED) is 0.918. The number of rotatable bonds is 3. The summed E-state index contributed by atoms with van der Waals surface area (Å²) in [5, 5.41) is 5.02. The van der Waals surface area contributed by atoms with Crippen LogP contribution in [0.2, 0.25) is 5.02 Å². The number of halogens is 1. The van der Waals surface area contributed by atoms with E-state index in [1.165, 1.54) is 5.56 Å². The zero-order valence-electron chi connectivity index (χ0n) is 10.9. The molecular formula is C14H18ClN3. The zero-order chi connectivity index (χ0) is 13.3. The van der Waals surface area contributed by atoms with Crippen LogP contribution < -0.4 is 5.73 Å². The maximum absolute atomic E-state index is 6.13. The molecule has 0 radical (unpaired) electrons. The largest absolute Gasteiger partial charge is 0.383 e. The van der Waals surface area contributed by atoms with Gasteiger partial charge in [0.05, 0.1) is 11.7 Å². The van der Waals surface area contributed by atoms with Crippen LogP contribution in [0.15, 0.2) is 30.3 Å². The highest BCUT2D eigenvalue weighted by Crippen LogP contribution is 2.32. The molecule has 3 nitrogen and oxygen atoms in total. The molecule has 2 N–H and O–H groups in total. The molecule has 0 bridgehead atoms. The molecule has 96 valence electrons. The van der Waals surface area contributed by atoms with E-state index in [1.807, 2.05) is 29.8 Å². The summed E-state index contributed by atoms with van der Waals surface area (Å²) >= 11 is 6.13. The van der Waals surface area contributed by atoms with Gasteiger partial charge in [0.15, 0.2) is 0 Å². The summed E-state index contributed by atoms with van der Waals surface area (Å²) in [7, 11) is 0. The van der Waals surface area contributed by atoms with Crippen molar-refractivity contribution in [1.82, 2.24) is 9.78 Å². The Morgan fingerprint density at radius 3 is 2.28 bits per heavy atom. The molecule has 0 aliphatic carbocycles. The highest BCUT2D eigenvalue weighted by molar-refractivity contribution is 6.33. The fourth-order valence-corrected chi connectivity index (χ4v) is 2.34. The molecule has 0 aliphatic rings. The van der Waals surface area contributed by atoms with Gasteiger partial charge in [-0.3, -0.25) is 0 Å². The Bertz CT molecular complexity index is 531. The third-order valence-electron chi connectivity index (χ3n) is 3.08. The van der Waals surface area contributed by atoms with Crippen molar-refractivity contribution in [3.05, 3.63) is 46.6 Å². The molecule has 2 aromatic rings. The van der Waals surface area contributed by atoms with Crippen molar-refractivity contribution in [2.75, 3.05) is 5.73 Å². The van der Waals surface area contributed by atoms with Gasteiger partial charge in [0.1, 0.15) is 10.8 Å². The van der Waals surface area contributed by atoms with Gasteiger partial charge in [0.2, 0.25) is 0 Å². The molecule has 1 aromatic heterocycles. The van der Waals surface area contributed by atoms with Gasteiger partial charge in [0, 0.05) is 0 Å². The summed E-state index contributed by atoms with van der Waals surface area (Å²) in [4.78, 5) is 0. The maximum Gasteiger partial charge on any atom is 0.141 e. The highest BCUT2D eigenvalue weighted by atomic mass is 35.5. The monoisotopic (exact) mass is 263 g/mol. The second-order valence-electron chi connectivity index (χ2n) is 4.83. The molecular weight excluding hydrogens is 246 g/mol. The van der Waals surface area contributed by atoms with Crippen LogP contribution in [0.4, 0.5) is 5.82 Å². The number of aromatic nitrogens is 2. The summed E-state index contributed by atoms with van der Waals surface area (Å²) in [5.74, 6) is 0.918. The molecule has 0 saturated carbocycles. The van der Waals surface area contributed by atoms with Gasteiger partial charge in [-0.25, -0.2) is 4.68 Å². The van der Waals surface area contributed by atoms with E-state index >= 15 is 0 Å². The fourth-order valence-electron chi connectivity index (χ4n) is 2.22. The third kappa shape index (κ3) is 2.23. The average molecular weight is 264 g/mol. The van der Waals surface area contributed by atoms with Crippen molar-refractivity contribution in [2.45, 2.75) is 26.8 Å². The van der Waals surface area contributed by atoms with Crippen molar-refractivity contribution in [2.24, 2.45) is 5.92 Å². The topological polar surface area (TPSA) is 43.8 Å². The molecule has 0 fully saturated rings. The maximum atomic E-state index is 6.13. The number of hydrogen-bond donors (Lipinski definition) is 1. The number of hydrogen-bond acceptors (Lipinski definition) is 2. The first-order valence-corrected chi connectivity index (χ1v) is 6.45. The number of benzene rings is 1. The van der Waals surface area contributed by atoms with Gasteiger partial charge >= 0.3 is 0 Å². The summed E-state index contributed by atoms with van der Waals surface area (Å²) in [5.41, 5.74) is 8.01. The molecule has 1 aromatic carbocycles. The lowest BCUT2D eigenvalue weighted by Gasteiger charge is -2.23. The summed E-state index contributed by atoms with van der Waals surface area (Å²) in [6.45, 7) is 6.18. The van der Waals surface area contributed by atoms with Gasteiger partial charge in [-0.2, -0.15) is 5.10 Å². The van der Waals surface area contributed by atoms with E-state index < -0.39 is 0 Å². The highest BCUT2D eigenvalue weighted by Gasteiger charge is 2.23. The minimum atomic E-state index is 0.109. The van der Waals surface area contributed by atoms with E-state index in [4.69, 9.17) is 17.3 Å². The molecule has 0 amide bonds. The van der Waals surface area contributed by atoms with E-state index in [9.17, 15) is 0 Å². The van der Waals surface area contributed by atoms with Crippen molar-refractivity contribution < 1.29 is 0 Å². The van der Waals surface area contributed by atoms with Crippen LogP contribution in [0, 0.1) is 12.8 Å². The molecule has 18 heavy (non-hydrogen) atoms. The minimum absolute atomic E-state index is 0.109. The normalized spacial score (nSPS) is 12.9. The van der Waals surface area contributed by atoms with Crippen LogP contribution in [-0.4, -0.2) is 9.78 Å². The summed E-state index contributed by atoms with van der Waals surface area (Å²) in [6.07, 6.45) is 0. The van der Waals surface area contributed by atoms with Crippen LogP contribution in [0.1, 0.15) is 31.1 Å². The third-order valence-corrected chi connectivity index (χ3v) is 3.55. The number of anilines is 1. The lowest BCUT2D eigenvalue weighted by atomic mass is 9.96. The first-order valence-electron chi connectivity index (χ1n) is 6.07. The van der Waals surface area contributed by atoms with Crippen molar-refractivity contribution in [3.8, 4) is 0 Å². The number of nitrogen functional groups attached to an aromatic ring is 1. The van der Waals surface area contributed by atoms with E-state index in [0.29, 0.717) is 16.8 Å². The Hall–Kier alpha value is -1.48. The number of nitrogens with zero attached hydrogens (tertiary/aromatic N) is 2. The van der Waals surface area contributed by atoms with Gasteiger partial charge in [-0.05, 0) is 18.4 Å². The lowest BCUT2D eigenvalue weighted by Crippen LogP contribution is -2.19. The first kappa shape index (κ1) is 13.0.